The Kier molecular flexibility index (Phi) is 7.77. The van der Waals surface area contributed by atoms with Crippen LogP contribution in [0.4, 0.5) is 0 Å². The van der Waals surface area contributed by atoms with E-state index in [4.69, 9.17) is 19.9 Å². The summed E-state index contributed by atoms with van der Waals surface area (Å²) >= 11 is 0. The third-order valence-electron chi connectivity index (χ3n) is 10.1. The highest BCUT2D eigenvalue weighted by atomic mass is 15.0. The standard InChI is InChI=1S/C50H32N4/c1-4-13-35(14-5-1)46-32-44(42-25-22-33-12-10-11-19-39(33)30-42)47-43-28-26-40(31-41(43)27-29-45(47)51-46)34-20-23-38(24-21-34)50-53-48(36-15-6-2-7-16-36)52-49(54-50)37-17-8-3-9-18-37/h1-32H. The SMILES string of the molecule is c1ccc(-c2cc(-c3ccc4ccccc4c3)c3c(ccc4cc(-c5ccc(-c6nc(-c7ccccc7)nc(-c7ccccc7)n6)cc5)ccc43)n2)cc1. The molecule has 0 saturated carbocycles. The molecule has 252 valence electrons. The summed E-state index contributed by atoms with van der Waals surface area (Å²) in [4.78, 5) is 19.9. The van der Waals surface area contributed by atoms with Crippen LogP contribution >= 0.6 is 0 Å². The van der Waals surface area contributed by atoms with Crippen LogP contribution in [-0.4, -0.2) is 19.9 Å². The van der Waals surface area contributed by atoms with Crippen LogP contribution in [0, 0.1) is 0 Å². The van der Waals surface area contributed by atoms with Crippen LogP contribution in [0.5, 0.6) is 0 Å². The molecule has 0 radical (unpaired) electrons. The minimum absolute atomic E-state index is 0.642. The smallest absolute Gasteiger partial charge is 0.164 e. The second-order valence-corrected chi connectivity index (χ2v) is 13.5. The average molecular weight is 689 g/mol. The number of pyridine rings is 1. The first-order valence-corrected chi connectivity index (χ1v) is 18.1. The van der Waals surface area contributed by atoms with Gasteiger partial charge >= 0.3 is 0 Å². The molecule has 10 aromatic rings. The molecule has 0 spiro atoms. The van der Waals surface area contributed by atoms with Crippen LogP contribution in [0.15, 0.2) is 194 Å². The van der Waals surface area contributed by atoms with Gasteiger partial charge in [0.2, 0.25) is 0 Å². The van der Waals surface area contributed by atoms with Gasteiger partial charge in [-0.2, -0.15) is 0 Å². The molecule has 0 bridgehead atoms. The Hall–Kier alpha value is -7.30. The molecule has 0 amide bonds. The van der Waals surface area contributed by atoms with Gasteiger partial charge in [-0.1, -0.05) is 170 Å². The van der Waals surface area contributed by atoms with E-state index in [2.05, 4.69) is 127 Å². The largest absolute Gasteiger partial charge is 0.248 e. The zero-order chi connectivity index (χ0) is 35.8. The topological polar surface area (TPSA) is 51.6 Å². The van der Waals surface area contributed by atoms with Gasteiger partial charge in [-0.25, -0.2) is 19.9 Å². The van der Waals surface area contributed by atoms with Crippen molar-refractivity contribution in [3.05, 3.63) is 194 Å². The van der Waals surface area contributed by atoms with Crippen LogP contribution in [0.3, 0.4) is 0 Å². The minimum atomic E-state index is 0.642. The maximum absolute atomic E-state index is 5.20. The molecule has 8 aromatic carbocycles. The molecule has 4 heteroatoms. The van der Waals surface area contributed by atoms with E-state index in [9.17, 15) is 0 Å². The maximum Gasteiger partial charge on any atom is 0.164 e. The second-order valence-electron chi connectivity index (χ2n) is 13.5. The van der Waals surface area contributed by atoms with Gasteiger partial charge in [0.15, 0.2) is 17.5 Å². The van der Waals surface area contributed by atoms with Gasteiger partial charge in [-0.15, -0.1) is 0 Å². The highest BCUT2D eigenvalue weighted by Gasteiger charge is 2.15. The molecular weight excluding hydrogens is 657 g/mol. The lowest BCUT2D eigenvalue weighted by atomic mass is 9.92. The van der Waals surface area contributed by atoms with Gasteiger partial charge < -0.3 is 0 Å². The number of rotatable bonds is 6. The van der Waals surface area contributed by atoms with E-state index >= 15 is 0 Å². The summed E-state index contributed by atoms with van der Waals surface area (Å²) in [6, 6.07) is 67.7. The number of hydrogen-bond acceptors (Lipinski definition) is 4. The van der Waals surface area contributed by atoms with Crippen molar-refractivity contribution in [2.24, 2.45) is 0 Å². The Morgan fingerprint density at radius 2 is 0.759 bits per heavy atom. The molecule has 4 nitrogen and oxygen atoms in total. The van der Waals surface area contributed by atoms with Crippen molar-refractivity contribution in [3.8, 4) is 67.7 Å². The molecular formula is C50H32N4. The fraction of sp³-hybridized carbons (Fsp3) is 0. The molecule has 54 heavy (non-hydrogen) atoms. The van der Waals surface area contributed by atoms with Crippen molar-refractivity contribution >= 4 is 32.4 Å². The fourth-order valence-corrected chi connectivity index (χ4v) is 7.34. The van der Waals surface area contributed by atoms with Crippen molar-refractivity contribution in [2.45, 2.75) is 0 Å². The van der Waals surface area contributed by atoms with Gasteiger partial charge in [-0.3, -0.25) is 0 Å². The van der Waals surface area contributed by atoms with Gasteiger partial charge in [0, 0.05) is 27.6 Å². The normalized spacial score (nSPS) is 11.3. The molecule has 0 unspecified atom stereocenters. The van der Waals surface area contributed by atoms with E-state index in [1.807, 2.05) is 66.7 Å². The number of aromatic nitrogens is 4. The summed E-state index contributed by atoms with van der Waals surface area (Å²) in [5.74, 6) is 1.94. The van der Waals surface area contributed by atoms with Crippen LogP contribution in [0.1, 0.15) is 0 Å². The van der Waals surface area contributed by atoms with Crippen molar-refractivity contribution in [1.29, 1.82) is 0 Å². The zero-order valence-electron chi connectivity index (χ0n) is 29.3. The second kappa shape index (κ2) is 13.4. The van der Waals surface area contributed by atoms with Crippen LogP contribution in [-0.2, 0) is 0 Å². The Morgan fingerprint density at radius 1 is 0.278 bits per heavy atom. The van der Waals surface area contributed by atoms with Crippen LogP contribution in [0.2, 0.25) is 0 Å². The summed E-state index contributed by atoms with van der Waals surface area (Å²) in [5, 5.41) is 5.94. The van der Waals surface area contributed by atoms with E-state index in [-0.39, 0.29) is 0 Å². The van der Waals surface area contributed by atoms with E-state index in [1.165, 1.54) is 27.3 Å². The van der Waals surface area contributed by atoms with E-state index in [0.717, 1.165) is 55.4 Å². The minimum Gasteiger partial charge on any atom is -0.248 e. The fourth-order valence-electron chi connectivity index (χ4n) is 7.34. The lowest BCUT2D eigenvalue weighted by Gasteiger charge is -2.14. The molecule has 0 aliphatic carbocycles. The predicted octanol–water partition coefficient (Wildman–Crippen LogP) is 12.7. The first-order valence-electron chi connectivity index (χ1n) is 18.1. The molecule has 0 N–H and O–H groups in total. The summed E-state index contributed by atoms with van der Waals surface area (Å²) in [6.07, 6.45) is 0. The predicted molar refractivity (Wildman–Crippen MR) is 223 cm³/mol. The summed E-state index contributed by atoms with van der Waals surface area (Å²) in [5.41, 5.74) is 10.5. The third-order valence-corrected chi connectivity index (χ3v) is 10.1. The maximum atomic E-state index is 5.20. The van der Waals surface area contributed by atoms with Gasteiger partial charge in [0.05, 0.1) is 11.2 Å². The van der Waals surface area contributed by atoms with Crippen molar-refractivity contribution in [2.75, 3.05) is 0 Å². The zero-order valence-corrected chi connectivity index (χ0v) is 29.3. The van der Waals surface area contributed by atoms with Gasteiger partial charge in [-0.05, 0) is 68.1 Å². The van der Waals surface area contributed by atoms with Crippen molar-refractivity contribution in [3.63, 3.8) is 0 Å². The monoisotopic (exact) mass is 688 g/mol. The molecule has 2 heterocycles. The van der Waals surface area contributed by atoms with Crippen molar-refractivity contribution in [1.82, 2.24) is 19.9 Å². The Labute approximate surface area is 313 Å². The summed E-state index contributed by atoms with van der Waals surface area (Å²) in [7, 11) is 0. The van der Waals surface area contributed by atoms with E-state index in [0.29, 0.717) is 17.5 Å². The van der Waals surface area contributed by atoms with Gasteiger partial charge in [0.1, 0.15) is 0 Å². The van der Waals surface area contributed by atoms with E-state index in [1.54, 1.807) is 0 Å². The molecule has 0 atom stereocenters. The number of hydrogen-bond donors (Lipinski definition) is 0. The molecule has 0 fully saturated rings. The lowest BCUT2D eigenvalue weighted by molar-refractivity contribution is 1.07. The highest BCUT2D eigenvalue weighted by molar-refractivity contribution is 6.15. The summed E-state index contributed by atoms with van der Waals surface area (Å²) < 4.78 is 0. The third kappa shape index (κ3) is 5.86. The lowest BCUT2D eigenvalue weighted by Crippen LogP contribution is -2.00. The Bertz CT molecular complexity index is 2900. The quantitative estimate of drug-likeness (QED) is 0.163. The Morgan fingerprint density at radius 3 is 1.41 bits per heavy atom. The molecule has 0 saturated heterocycles. The first kappa shape index (κ1) is 31.4. The first-order chi connectivity index (χ1) is 26.7. The Balaban J connectivity index is 1.06. The number of fused-ring (bicyclic) bond motifs is 4. The van der Waals surface area contributed by atoms with E-state index < -0.39 is 0 Å². The molecule has 0 aliphatic rings. The summed E-state index contributed by atoms with van der Waals surface area (Å²) in [6.45, 7) is 0. The van der Waals surface area contributed by atoms with Crippen molar-refractivity contribution < 1.29 is 0 Å². The number of benzene rings is 8. The van der Waals surface area contributed by atoms with Crippen LogP contribution < -0.4 is 0 Å². The molecule has 0 aliphatic heterocycles. The average Bonchev–Trinajstić information content (AvgIpc) is 3.26. The highest BCUT2D eigenvalue weighted by Crippen LogP contribution is 2.39. The molecule has 2 aromatic heterocycles. The number of nitrogens with zero attached hydrogens (tertiary/aromatic N) is 4. The van der Waals surface area contributed by atoms with Gasteiger partial charge in [0.25, 0.3) is 0 Å². The van der Waals surface area contributed by atoms with Crippen LogP contribution in [0.25, 0.3) is 100 Å². The molecule has 10 rings (SSSR count).